The van der Waals surface area contributed by atoms with Crippen molar-refractivity contribution in [2.75, 3.05) is 19.8 Å². The van der Waals surface area contributed by atoms with E-state index in [1.807, 2.05) is 13.8 Å². The summed E-state index contributed by atoms with van der Waals surface area (Å²) in [4.78, 5) is 37.5. The van der Waals surface area contributed by atoms with Gasteiger partial charge >= 0.3 is 6.09 Å². The molecule has 1 saturated heterocycles. The average Bonchev–Trinajstić information content (AvgIpc) is 3.14. The van der Waals surface area contributed by atoms with Gasteiger partial charge in [-0.25, -0.2) is 4.79 Å². The Bertz CT molecular complexity index is 704. The second kappa shape index (κ2) is 10.2. The fourth-order valence-corrected chi connectivity index (χ4v) is 7.27. The van der Waals surface area contributed by atoms with Crippen LogP contribution in [-0.2, 0) is 14.3 Å². The van der Waals surface area contributed by atoms with Crippen LogP contribution in [0.15, 0.2) is 0 Å². The molecule has 5 rings (SSSR count). The molecule has 8 nitrogen and oxygen atoms in total. The van der Waals surface area contributed by atoms with E-state index in [1.165, 1.54) is 19.3 Å². The van der Waals surface area contributed by atoms with Crippen molar-refractivity contribution in [1.82, 2.24) is 16.0 Å². The van der Waals surface area contributed by atoms with Crippen LogP contribution in [-0.4, -0.2) is 54.9 Å². The standard InChI is InChI=1S/C25H41N3O5/c1-15(2)5-21(23(31)27-20(13-29)9-19-3-4-26-22(19)30)28-24(32)33-14-25-10-16-6-17(11-25)8-18(7-16)12-25/h15-21,29H,3-14H2,1-2H3,(H,26,30)(H,27,31)(H,28,32)/t16?,17?,18?,19-,20-,21-,25?/m0/s1. The zero-order valence-electron chi connectivity index (χ0n) is 20.1. The molecule has 186 valence electrons. The highest BCUT2D eigenvalue weighted by molar-refractivity contribution is 5.86. The quantitative estimate of drug-likeness (QED) is 0.397. The number of hydrogen-bond acceptors (Lipinski definition) is 5. The topological polar surface area (TPSA) is 117 Å². The molecule has 0 spiro atoms. The maximum atomic E-state index is 13.0. The summed E-state index contributed by atoms with van der Waals surface area (Å²) in [5.41, 5.74) is 0.131. The fourth-order valence-electron chi connectivity index (χ4n) is 7.27. The molecule has 4 N–H and O–H groups in total. The number of aliphatic hydroxyl groups is 1. The number of amides is 3. The second-order valence-corrected chi connectivity index (χ2v) is 11.7. The van der Waals surface area contributed by atoms with Crippen LogP contribution in [0.5, 0.6) is 0 Å². The molecular formula is C25H41N3O5. The van der Waals surface area contributed by atoms with Crippen LogP contribution in [0, 0.1) is 35.0 Å². The van der Waals surface area contributed by atoms with Gasteiger partial charge in [0.25, 0.3) is 0 Å². The van der Waals surface area contributed by atoms with E-state index in [0.717, 1.165) is 37.0 Å². The smallest absolute Gasteiger partial charge is 0.407 e. The van der Waals surface area contributed by atoms with Gasteiger partial charge in [0.2, 0.25) is 11.8 Å². The van der Waals surface area contributed by atoms with Crippen LogP contribution in [0.25, 0.3) is 0 Å². The van der Waals surface area contributed by atoms with Gasteiger partial charge in [-0.05, 0) is 81.5 Å². The van der Waals surface area contributed by atoms with Crippen LogP contribution in [0.4, 0.5) is 4.79 Å². The maximum Gasteiger partial charge on any atom is 0.407 e. The van der Waals surface area contributed by atoms with Gasteiger partial charge in [-0.15, -0.1) is 0 Å². The first-order chi connectivity index (χ1) is 15.7. The van der Waals surface area contributed by atoms with Gasteiger partial charge in [-0.2, -0.15) is 0 Å². The minimum Gasteiger partial charge on any atom is -0.449 e. The SMILES string of the molecule is CC(C)C[C@H](NC(=O)OCC12CC3CC(CC(C3)C1)C2)C(=O)N[C@H](CO)C[C@@H]1CCNC1=O. The van der Waals surface area contributed by atoms with E-state index >= 15 is 0 Å². The van der Waals surface area contributed by atoms with Crippen LogP contribution in [0.2, 0.25) is 0 Å². The number of hydrogen-bond donors (Lipinski definition) is 4. The Labute approximate surface area is 197 Å². The summed E-state index contributed by atoms with van der Waals surface area (Å²) in [7, 11) is 0. The van der Waals surface area contributed by atoms with Crippen molar-refractivity contribution in [1.29, 1.82) is 0 Å². The van der Waals surface area contributed by atoms with Crippen LogP contribution in [0.3, 0.4) is 0 Å². The molecular weight excluding hydrogens is 422 g/mol. The summed E-state index contributed by atoms with van der Waals surface area (Å²) >= 11 is 0. The molecule has 1 heterocycles. The summed E-state index contributed by atoms with van der Waals surface area (Å²) in [5, 5.41) is 18.1. The van der Waals surface area contributed by atoms with E-state index in [4.69, 9.17) is 4.74 Å². The van der Waals surface area contributed by atoms with Crippen molar-refractivity contribution < 1.29 is 24.2 Å². The van der Waals surface area contributed by atoms with Gasteiger partial charge in [0.1, 0.15) is 6.04 Å². The van der Waals surface area contributed by atoms with Crippen molar-refractivity contribution in [3.63, 3.8) is 0 Å². The second-order valence-electron chi connectivity index (χ2n) is 11.7. The number of nitrogens with one attached hydrogen (secondary N) is 3. The number of aliphatic hydroxyl groups excluding tert-OH is 1. The normalized spacial score (nSPS) is 34.1. The van der Waals surface area contributed by atoms with E-state index in [2.05, 4.69) is 16.0 Å². The van der Waals surface area contributed by atoms with E-state index in [-0.39, 0.29) is 35.7 Å². The first-order valence-corrected chi connectivity index (χ1v) is 12.9. The molecule has 4 saturated carbocycles. The predicted molar refractivity (Wildman–Crippen MR) is 123 cm³/mol. The Morgan fingerprint density at radius 1 is 1.12 bits per heavy atom. The summed E-state index contributed by atoms with van der Waals surface area (Å²) in [6, 6.07) is -1.26. The Morgan fingerprint density at radius 3 is 2.27 bits per heavy atom. The molecule has 0 radical (unpaired) electrons. The molecule has 5 fully saturated rings. The number of carbonyl (C=O) groups is 3. The van der Waals surface area contributed by atoms with Crippen LogP contribution >= 0.6 is 0 Å². The average molecular weight is 464 g/mol. The van der Waals surface area contributed by atoms with Gasteiger partial charge < -0.3 is 25.8 Å². The number of alkyl carbamates (subject to hydrolysis) is 1. The highest BCUT2D eigenvalue weighted by Crippen LogP contribution is 2.60. The molecule has 4 aliphatic carbocycles. The molecule has 0 unspecified atom stereocenters. The largest absolute Gasteiger partial charge is 0.449 e. The minimum atomic E-state index is -0.736. The highest BCUT2D eigenvalue weighted by Gasteiger charge is 2.51. The number of rotatable bonds is 10. The van der Waals surface area contributed by atoms with E-state index in [0.29, 0.717) is 32.4 Å². The predicted octanol–water partition coefficient (Wildman–Crippen LogP) is 2.35. The van der Waals surface area contributed by atoms with Crippen molar-refractivity contribution in [2.24, 2.45) is 35.0 Å². The molecule has 3 atom stereocenters. The lowest BCUT2D eigenvalue weighted by atomic mass is 9.50. The van der Waals surface area contributed by atoms with Gasteiger partial charge in [-0.1, -0.05) is 13.8 Å². The third-order valence-corrected chi connectivity index (χ3v) is 8.29. The molecule has 4 bridgehead atoms. The molecule has 0 aromatic rings. The van der Waals surface area contributed by atoms with Crippen molar-refractivity contribution >= 4 is 17.9 Å². The van der Waals surface area contributed by atoms with E-state index in [1.54, 1.807) is 0 Å². The van der Waals surface area contributed by atoms with E-state index < -0.39 is 18.2 Å². The lowest BCUT2D eigenvalue weighted by molar-refractivity contribution is -0.126. The summed E-state index contributed by atoms with van der Waals surface area (Å²) in [5.74, 6) is 1.99. The molecule has 0 aromatic carbocycles. The number of carbonyl (C=O) groups excluding carboxylic acids is 3. The van der Waals surface area contributed by atoms with Crippen LogP contribution in [0.1, 0.15) is 71.6 Å². The maximum absolute atomic E-state index is 13.0. The van der Waals surface area contributed by atoms with Crippen molar-refractivity contribution in [2.45, 2.75) is 83.7 Å². The third-order valence-electron chi connectivity index (χ3n) is 8.29. The molecule has 33 heavy (non-hydrogen) atoms. The Hall–Kier alpha value is -1.83. The molecule has 5 aliphatic rings. The minimum absolute atomic E-state index is 0.0344. The monoisotopic (exact) mass is 463 g/mol. The van der Waals surface area contributed by atoms with Gasteiger partial charge in [0.05, 0.1) is 19.3 Å². The fraction of sp³-hybridized carbons (Fsp3) is 0.880. The summed E-state index contributed by atoms with van der Waals surface area (Å²) < 4.78 is 5.71. The first kappa shape index (κ1) is 24.3. The lowest BCUT2D eigenvalue weighted by Gasteiger charge is -2.56. The molecule has 1 aliphatic heterocycles. The molecule has 0 aromatic heterocycles. The first-order valence-electron chi connectivity index (χ1n) is 12.9. The Morgan fingerprint density at radius 2 is 1.76 bits per heavy atom. The lowest BCUT2D eigenvalue weighted by Crippen LogP contribution is -2.52. The zero-order valence-corrected chi connectivity index (χ0v) is 20.1. The third kappa shape index (κ3) is 6.00. The summed E-state index contributed by atoms with van der Waals surface area (Å²) in [6.45, 7) is 4.81. The van der Waals surface area contributed by atoms with E-state index in [9.17, 15) is 19.5 Å². The van der Waals surface area contributed by atoms with Crippen molar-refractivity contribution in [3.8, 4) is 0 Å². The van der Waals surface area contributed by atoms with Gasteiger partial charge in [0.15, 0.2) is 0 Å². The summed E-state index contributed by atoms with van der Waals surface area (Å²) in [6.07, 6.45) is 8.54. The van der Waals surface area contributed by atoms with Crippen LogP contribution < -0.4 is 16.0 Å². The highest BCUT2D eigenvalue weighted by atomic mass is 16.5. The Kier molecular flexibility index (Phi) is 7.51. The molecule has 8 heteroatoms. The van der Waals surface area contributed by atoms with Gasteiger partial charge in [0, 0.05) is 17.9 Å². The van der Waals surface area contributed by atoms with Gasteiger partial charge in [-0.3, -0.25) is 9.59 Å². The zero-order chi connectivity index (χ0) is 23.6. The molecule has 3 amide bonds. The number of ether oxygens (including phenoxy) is 1. The Balaban J connectivity index is 1.29. The van der Waals surface area contributed by atoms with Crippen molar-refractivity contribution in [3.05, 3.63) is 0 Å².